The number of methoxy groups -OCH3 is 1. The summed E-state index contributed by atoms with van der Waals surface area (Å²) < 4.78 is 12.9. The molecule has 3 aromatic rings. The highest BCUT2D eigenvalue weighted by Gasteiger charge is 2.36. The largest absolute Gasteiger partial charge is 0.507 e. The molecule has 292 valence electrons. The summed E-state index contributed by atoms with van der Waals surface area (Å²) in [6, 6.07) is 13.6. The number of hydrogen-bond donors (Lipinski definition) is 3. The van der Waals surface area contributed by atoms with Gasteiger partial charge in [-0.3, -0.25) is 19.2 Å². The maximum Gasteiger partial charge on any atom is 0.342 e. The van der Waals surface area contributed by atoms with E-state index in [1.807, 2.05) is 15.5 Å². The fraction of sp³-hybridized carbons (Fsp3) is 0.465. The minimum Gasteiger partial charge on any atom is -0.507 e. The van der Waals surface area contributed by atoms with Gasteiger partial charge in [-0.2, -0.15) is 0 Å². The van der Waals surface area contributed by atoms with Gasteiger partial charge in [-0.15, -0.1) is 0 Å². The number of aromatic hydroxyl groups is 2. The lowest BCUT2D eigenvalue weighted by Gasteiger charge is -2.42. The molecule has 0 aliphatic carbocycles. The van der Waals surface area contributed by atoms with Crippen molar-refractivity contribution in [1.82, 2.24) is 14.8 Å². The molecular formula is C43H51N3O9. The number of piperidine rings is 1. The molecule has 1 aromatic heterocycles. The number of cyclic esters (lactones) is 1. The number of aromatic nitrogens is 1. The zero-order chi connectivity index (χ0) is 39.1. The van der Waals surface area contributed by atoms with Gasteiger partial charge in [-0.1, -0.05) is 30.4 Å². The van der Waals surface area contributed by atoms with Crippen LogP contribution in [0.1, 0.15) is 116 Å². The minimum atomic E-state index is -0.866. The van der Waals surface area contributed by atoms with Crippen LogP contribution in [0.25, 0.3) is 6.08 Å². The molecule has 55 heavy (non-hydrogen) atoms. The van der Waals surface area contributed by atoms with Crippen molar-refractivity contribution in [3.05, 3.63) is 92.9 Å². The molecular weight excluding hydrogens is 702 g/mol. The van der Waals surface area contributed by atoms with Gasteiger partial charge < -0.3 is 34.5 Å². The lowest BCUT2D eigenvalue weighted by atomic mass is 9.83. The lowest BCUT2D eigenvalue weighted by Crippen LogP contribution is -2.49. The standard InChI is InChI=1S/C43H51N3O9/c1-27-9-6-12-32(47)11-5-3-4-10-30-22-36(48)41(42(52)40(30)43(53)55-27)34(29-16-18-33(54-2)19-17-29)23-37(49)44-20-8-15-38(50)45-24-28-21-31(26-45)35-13-7-14-39(51)46(35)25-28/h4,7,10,13-14,16-19,22,27-28,31,34,48,52H,3,5-6,8-9,11-12,15,20-21,23-26H2,1-2H3,(H,44,49)/t27-,28?,31?,34?/m0/s1. The molecule has 0 spiro atoms. The van der Waals surface area contributed by atoms with E-state index in [9.17, 15) is 34.2 Å². The number of phenols is 2. The Hall–Kier alpha value is -5.39. The summed E-state index contributed by atoms with van der Waals surface area (Å²) in [6.45, 7) is 3.74. The maximum absolute atomic E-state index is 13.7. The topological polar surface area (TPSA) is 164 Å². The molecule has 1 fully saturated rings. The van der Waals surface area contributed by atoms with Crippen LogP contribution in [0, 0.1) is 5.92 Å². The van der Waals surface area contributed by atoms with Gasteiger partial charge in [0.15, 0.2) is 0 Å². The zero-order valence-electron chi connectivity index (χ0n) is 31.6. The average molecular weight is 754 g/mol. The monoisotopic (exact) mass is 753 g/mol. The number of amides is 2. The Morgan fingerprint density at radius 1 is 1.02 bits per heavy atom. The molecule has 2 amide bonds. The first-order valence-corrected chi connectivity index (χ1v) is 19.4. The van der Waals surface area contributed by atoms with Gasteiger partial charge in [0.2, 0.25) is 11.8 Å². The normalized spacial score (nSPS) is 20.7. The summed E-state index contributed by atoms with van der Waals surface area (Å²) in [7, 11) is 1.53. The van der Waals surface area contributed by atoms with Crippen LogP contribution in [-0.2, 0) is 25.7 Å². The van der Waals surface area contributed by atoms with E-state index in [-0.39, 0.29) is 76.8 Å². The number of nitrogens with zero attached hydrogens (tertiary/aromatic N) is 2. The molecule has 2 aromatic carbocycles. The SMILES string of the molecule is COc1ccc(C(CC(=O)NCCCC(=O)N2CC3CC(C2)c2cccc(=O)n2C3)c2c(O)cc3c(c2O)C(=O)O[C@@H](C)CCCC(=O)CCCC=C3)cc1. The molecule has 6 rings (SSSR count). The third-order valence-corrected chi connectivity index (χ3v) is 11.0. The van der Waals surface area contributed by atoms with E-state index in [2.05, 4.69) is 5.32 Å². The van der Waals surface area contributed by atoms with Gasteiger partial charge >= 0.3 is 5.97 Å². The molecule has 3 unspecified atom stereocenters. The number of allylic oxidation sites excluding steroid dienone is 1. The number of pyridine rings is 1. The van der Waals surface area contributed by atoms with E-state index in [1.165, 1.54) is 13.2 Å². The van der Waals surface area contributed by atoms with Crippen LogP contribution in [-0.4, -0.2) is 76.1 Å². The van der Waals surface area contributed by atoms with E-state index in [1.54, 1.807) is 55.5 Å². The van der Waals surface area contributed by atoms with Crippen molar-refractivity contribution in [3.8, 4) is 17.2 Å². The van der Waals surface area contributed by atoms with Crippen LogP contribution >= 0.6 is 0 Å². The summed E-state index contributed by atoms with van der Waals surface area (Å²) in [5.74, 6) is -1.68. The molecule has 0 radical (unpaired) electrons. The number of ketones is 1. The van der Waals surface area contributed by atoms with Crippen LogP contribution < -0.4 is 15.6 Å². The number of carbonyl (C=O) groups excluding carboxylic acids is 4. The number of ether oxygens (including phenoxy) is 2. The van der Waals surface area contributed by atoms with E-state index >= 15 is 0 Å². The van der Waals surface area contributed by atoms with Crippen molar-refractivity contribution >= 4 is 29.6 Å². The highest BCUT2D eigenvalue weighted by molar-refractivity contribution is 5.98. The van der Waals surface area contributed by atoms with E-state index in [0.29, 0.717) is 75.9 Å². The smallest absolute Gasteiger partial charge is 0.342 e. The average Bonchev–Trinajstić information content (AvgIpc) is 3.15. The number of esters is 1. The molecule has 1 saturated heterocycles. The quantitative estimate of drug-likeness (QED) is 0.181. The van der Waals surface area contributed by atoms with Crippen LogP contribution in [0.3, 0.4) is 0 Å². The van der Waals surface area contributed by atoms with Crippen LogP contribution in [0.15, 0.2) is 59.4 Å². The van der Waals surface area contributed by atoms with Crippen molar-refractivity contribution in [1.29, 1.82) is 0 Å². The molecule has 3 aliphatic heterocycles. The Morgan fingerprint density at radius 3 is 2.58 bits per heavy atom. The summed E-state index contributed by atoms with van der Waals surface area (Å²) in [5, 5.41) is 26.2. The van der Waals surface area contributed by atoms with Gasteiger partial charge in [-0.05, 0) is 86.8 Å². The second-order valence-corrected chi connectivity index (χ2v) is 15.0. The summed E-state index contributed by atoms with van der Waals surface area (Å²) in [6.07, 6.45) is 7.46. The summed E-state index contributed by atoms with van der Waals surface area (Å²) >= 11 is 0. The first kappa shape index (κ1) is 39.3. The van der Waals surface area contributed by atoms with Crippen molar-refractivity contribution in [3.63, 3.8) is 0 Å². The number of likely N-dealkylation sites (tertiary alicyclic amines) is 1. The zero-order valence-corrected chi connectivity index (χ0v) is 31.6. The van der Waals surface area contributed by atoms with Gasteiger partial charge in [-0.25, -0.2) is 4.79 Å². The van der Waals surface area contributed by atoms with Gasteiger partial charge in [0, 0.05) is 81.0 Å². The number of benzene rings is 2. The Bertz CT molecular complexity index is 1990. The Labute approximate surface area is 321 Å². The van der Waals surface area contributed by atoms with Crippen LogP contribution in [0.5, 0.6) is 17.2 Å². The number of nitrogens with one attached hydrogen (secondary N) is 1. The fourth-order valence-corrected chi connectivity index (χ4v) is 8.23. The maximum atomic E-state index is 13.7. The van der Waals surface area contributed by atoms with Crippen LogP contribution in [0.2, 0.25) is 0 Å². The summed E-state index contributed by atoms with van der Waals surface area (Å²) in [4.78, 5) is 67.0. The van der Waals surface area contributed by atoms with Gasteiger partial charge in [0.05, 0.1) is 13.2 Å². The Morgan fingerprint density at radius 2 is 1.80 bits per heavy atom. The van der Waals surface area contributed by atoms with E-state index in [4.69, 9.17) is 9.47 Å². The third-order valence-electron chi connectivity index (χ3n) is 11.0. The van der Waals surface area contributed by atoms with Crippen molar-refractivity contribution in [2.45, 2.75) is 95.6 Å². The number of Topliss-reactive ketones (excluding diaryl/α,β-unsaturated/α-hetero) is 1. The Kier molecular flexibility index (Phi) is 12.7. The molecule has 12 heteroatoms. The molecule has 4 heterocycles. The van der Waals surface area contributed by atoms with Gasteiger partial charge in [0.1, 0.15) is 28.6 Å². The number of carbonyl (C=O) groups is 4. The Balaban J connectivity index is 1.17. The second-order valence-electron chi connectivity index (χ2n) is 15.0. The number of rotatable bonds is 9. The van der Waals surface area contributed by atoms with Crippen molar-refractivity contribution in [2.75, 3.05) is 26.7 Å². The van der Waals surface area contributed by atoms with Crippen LogP contribution in [0.4, 0.5) is 0 Å². The third kappa shape index (κ3) is 9.47. The van der Waals surface area contributed by atoms with E-state index < -0.39 is 23.7 Å². The minimum absolute atomic E-state index is 0.00300. The molecule has 3 aliphatic rings. The first-order chi connectivity index (χ1) is 26.5. The van der Waals surface area contributed by atoms with Crippen molar-refractivity contribution < 1.29 is 38.9 Å². The predicted molar refractivity (Wildman–Crippen MR) is 206 cm³/mol. The molecule has 4 atom stereocenters. The summed E-state index contributed by atoms with van der Waals surface area (Å²) in [5.41, 5.74) is 1.73. The van der Waals surface area contributed by atoms with Crippen molar-refractivity contribution in [2.24, 2.45) is 5.92 Å². The first-order valence-electron chi connectivity index (χ1n) is 19.4. The second kappa shape index (κ2) is 17.8. The predicted octanol–water partition coefficient (Wildman–Crippen LogP) is 5.81. The number of hydrogen-bond acceptors (Lipinski definition) is 9. The van der Waals surface area contributed by atoms with E-state index in [0.717, 1.165) is 12.1 Å². The molecule has 0 saturated carbocycles. The molecule has 3 N–H and O–H groups in total. The highest BCUT2D eigenvalue weighted by Crippen LogP contribution is 2.44. The number of phenolic OH excluding ortho intramolecular Hbond substituents is 2. The fourth-order valence-electron chi connectivity index (χ4n) is 8.23. The number of fused-ring (bicyclic) bond motifs is 5. The molecule has 12 nitrogen and oxygen atoms in total. The lowest BCUT2D eigenvalue weighted by molar-refractivity contribution is -0.134. The van der Waals surface area contributed by atoms with Gasteiger partial charge in [0.25, 0.3) is 5.56 Å². The highest BCUT2D eigenvalue weighted by atomic mass is 16.5. The molecule has 2 bridgehead atoms.